The van der Waals surface area contributed by atoms with Gasteiger partial charge in [-0.15, -0.1) is 0 Å². The van der Waals surface area contributed by atoms with Gasteiger partial charge in [-0.05, 0) is 123 Å². The molecule has 4 aliphatic carbocycles. The maximum atomic E-state index is 13.0. The highest BCUT2D eigenvalue weighted by Crippen LogP contribution is 2.67. The van der Waals surface area contributed by atoms with Crippen LogP contribution in [0.2, 0.25) is 0 Å². The van der Waals surface area contributed by atoms with Crippen LogP contribution in [0.4, 0.5) is 0 Å². The van der Waals surface area contributed by atoms with Crippen molar-refractivity contribution in [1.29, 1.82) is 0 Å². The molecule has 0 N–H and O–H groups in total. The van der Waals surface area contributed by atoms with E-state index in [0.717, 1.165) is 101 Å². The Morgan fingerprint density at radius 1 is 0.739 bits per heavy atom. The van der Waals surface area contributed by atoms with Crippen molar-refractivity contribution in [1.82, 2.24) is 4.90 Å². The second-order valence-electron chi connectivity index (χ2n) is 23.4. The lowest BCUT2D eigenvalue weighted by Gasteiger charge is -2.58. The van der Waals surface area contributed by atoms with E-state index in [0.29, 0.717) is 25.2 Å². The van der Waals surface area contributed by atoms with Crippen molar-refractivity contribution >= 4 is 11.9 Å². The number of hydrogen-bond acceptors (Lipinski definition) is 9. The second kappa shape index (κ2) is 32.4. The predicted octanol–water partition coefficient (Wildman–Crippen LogP) is 14.1. The molecule has 398 valence electrons. The lowest BCUT2D eigenvalue weighted by Crippen LogP contribution is -2.51. The molecule has 5 aliphatic rings. The number of nitrogens with zero attached hydrogens (tertiary/aromatic N) is 1. The molecule has 4 fully saturated rings. The number of carbonyl (C=O) groups excluding carboxylic acids is 2. The van der Waals surface area contributed by atoms with Gasteiger partial charge in [0.1, 0.15) is 12.7 Å². The van der Waals surface area contributed by atoms with Crippen LogP contribution in [0.5, 0.6) is 0 Å². The number of ether oxygens (including phenoxy) is 6. The Labute approximate surface area is 423 Å². The normalized spacial score (nSPS) is 28.0. The predicted molar refractivity (Wildman–Crippen MR) is 281 cm³/mol. The largest absolute Gasteiger partial charge is 0.463 e. The van der Waals surface area contributed by atoms with Crippen LogP contribution >= 0.6 is 0 Å². The van der Waals surface area contributed by atoms with Crippen molar-refractivity contribution in [2.75, 3.05) is 72.5 Å². The topological polar surface area (TPSA) is 92.8 Å². The van der Waals surface area contributed by atoms with E-state index in [4.69, 9.17) is 28.4 Å². The molecular formula is C60H105NO8. The number of fused-ring (bicyclic) bond motifs is 5. The van der Waals surface area contributed by atoms with Crippen molar-refractivity contribution in [3.63, 3.8) is 0 Å². The lowest BCUT2D eigenvalue weighted by molar-refractivity contribution is -0.156. The van der Waals surface area contributed by atoms with Crippen molar-refractivity contribution in [3.05, 3.63) is 23.8 Å². The van der Waals surface area contributed by atoms with Gasteiger partial charge < -0.3 is 28.4 Å². The summed E-state index contributed by atoms with van der Waals surface area (Å²) in [4.78, 5) is 27.9. The number of hydrogen-bond donors (Lipinski definition) is 0. The fourth-order valence-corrected chi connectivity index (χ4v) is 13.8. The molecule has 4 unspecified atom stereocenters. The zero-order chi connectivity index (χ0) is 49.2. The minimum Gasteiger partial charge on any atom is -0.463 e. The van der Waals surface area contributed by atoms with Crippen molar-refractivity contribution in [2.24, 2.45) is 46.3 Å². The Kier molecular flexibility index (Phi) is 27.3. The molecule has 0 spiro atoms. The molecule has 0 aromatic carbocycles. The summed E-state index contributed by atoms with van der Waals surface area (Å²) in [6, 6.07) is 0. The molecule has 0 bridgehead atoms. The van der Waals surface area contributed by atoms with Gasteiger partial charge in [0, 0.05) is 32.7 Å². The molecule has 9 heteroatoms. The molecule has 3 saturated carbocycles. The van der Waals surface area contributed by atoms with Crippen LogP contribution in [-0.2, 0) is 38.0 Å². The first-order valence-corrected chi connectivity index (χ1v) is 29.3. The van der Waals surface area contributed by atoms with Crippen LogP contribution in [0.15, 0.2) is 23.8 Å². The van der Waals surface area contributed by atoms with Crippen molar-refractivity contribution < 1.29 is 38.0 Å². The van der Waals surface area contributed by atoms with Gasteiger partial charge in [-0.2, -0.15) is 0 Å². The third-order valence-electron chi connectivity index (χ3n) is 17.8. The van der Waals surface area contributed by atoms with Crippen molar-refractivity contribution in [2.45, 2.75) is 227 Å². The molecule has 0 amide bonds. The lowest BCUT2D eigenvalue weighted by atomic mass is 9.47. The molecule has 9 nitrogen and oxygen atoms in total. The van der Waals surface area contributed by atoms with Crippen LogP contribution in [0.25, 0.3) is 0 Å². The first-order valence-electron chi connectivity index (χ1n) is 29.3. The first-order chi connectivity index (χ1) is 33.5. The molecule has 9 atom stereocenters. The number of esters is 2. The van der Waals surface area contributed by atoms with Gasteiger partial charge in [0.05, 0.1) is 58.6 Å². The van der Waals surface area contributed by atoms with Crippen molar-refractivity contribution in [3.8, 4) is 0 Å². The van der Waals surface area contributed by atoms with E-state index in [1.807, 2.05) is 0 Å². The third kappa shape index (κ3) is 19.9. The van der Waals surface area contributed by atoms with Gasteiger partial charge in [-0.1, -0.05) is 142 Å². The fraction of sp³-hybridized carbons (Fsp3) is 0.900. The highest BCUT2D eigenvalue weighted by atomic mass is 16.6. The molecule has 1 heterocycles. The van der Waals surface area contributed by atoms with E-state index >= 15 is 0 Å². The van der Waals surface area contributed by atoms with E-state index in [-0.39, 0.29) is 49.6 Å². The molecule has 0 aromatic heterocycles. The Morgan fingerprint density at radius 2 is 1.43 bits per heavy atom. The molecule has 0 aromatic rings. The fourth-order valence-electron chi connectivity index (χ4n) is 13.8. The van der Waals surface area contributed by atoms with Gasteiger partial charge >= 0.3 is 11.9 Å². The monoisotopic (exact) mass is 968 g/mol. The maximum absolute atomic E-state index is 13.0. The quantitative estimate of drug-likeness (QED) is 0.0346. The third-order valence-corrected chi connectivity index (χ3v) is 17.8. The maximum Gasteiger partial charge on any atom is 0.306 e. The molecule has 5 rings (SSSR count). The molecule has 69 heavy (non-hydrogen) atoms. The summed E-state index contributed by atoms with van der Waals surface area (Å²) in [5.41, 5.74) is 2.23. The SMILES string of the molecule is CCCCCCCC/C=C\CCCCCCCCOCC(CN1CCOCC1)OCCOCCOC(=O)CCC(=O)O[C@H]1CC[C@@]2(C)C(=CC[C@H]3C4CCC(C(C)CCCC(C)C)[C@@]4(C)CC[C@@H]32)C1. The van der Waals surface area contributed by atoms with Crippen LogP contribution in [0.1, 0.15) is 215 Å². The zero-order valence-corrected chi connectivity index (χ0v) is 45.4. The summed E-state index contributed by atoms with van der Waals surface area (Å²) in [7, 11) is 0. The van der Waals surface area contributed by atoms with E-state index in [9.17, 15) is 9.59 Å². The zero-order valence-electron chi connectivity index (χ0n) is 45.4. The van der Waals surface area contributed by atoms with Crippen LogP contribution in [-0.4, -0.2) is 102 Å². The Bertz CT molecular complexity index is 1480. The number of rotatable bonds is 36. The average molecular weight is 968 g/mol. The van der Waals surface area contributed by atoms with Crippen LogP contribution in [0, 0.1) is 46.3 Å². The summed E-state index contributed by atoms with van der Waals surface area (Å²) < 4.78 is 35.1. The summed E-state index contributed by atoms with van der Waals surface area (Å²) >= 11 is 0. The summed E-state index contributed by atoms with van der Waals surface area (Å²) in [6.07, 6.45) is 39.2. The summed E-state index contributed by atoms with van der Waals surface area (Å²) in [5, 5.41) is 0. The molecule has 1 aliphatic heterocycles. The van der Waals surface area contributed by atoms with Gasteiger partial charge in [-0.3, -0.25) is 14.5 Å². The Balaban J connectivity index is 0.880. The van der Waals surface area contributed by atoms with E-state index < -0.39 is 5.97 Å². The number of morpholine rings is 1. The highest BCUT2D eigenvalue weighted by molar-refractivity contribution is 5.77. The Morgan fingerprint density at radius 3 is 2.17 bits per heavy atom. The number of carbonyl (C=O) groups is 2. The van der Waals surface area contributed by atoms with Gasteiger partial charge in [0.25, 0.3) is 0 Å². The molecular weight excluding hydrogens is 863 g/mol. The smallest absolute Gasteiger partial charge is 0.306 e. The first kappa shape index (κ1) is 58.1. The van der Waals surface area contributed by atoms with E-state index in [2.05, 4.69) is 64.7 Å². The van der Waals surface area contributed by atoms with E-state index in [1.54, 1.807) is 0 Å². The van der Waals surface area contributed by atoms with Gasteiger partial charge in [-0.25, -0.2) is 0 Å². The van der Waals surface area contributed by atoms with Crippen LogP contribution in [0.3, 0.4) is 0 Å². The summed E-state index contributed by atoms with van der Waals surface area (Å²) in [5.74, 6) is 4.19. The van der Waals surface area contributed by atoms with Crippen LogP contribution < -0.4 is 0 Å². The average Bonchev–Trinajstić information content (AvgIpc) is 3.70. The minimum absolute atomic E-state index is 0.0246. The molecule has 1 saturated heterocycles. The summed E-state index contributed by atoms with van der Waals surface area (Å²) in [6.45, 7) is 21.5. The second-order valence-corrected chi connectivity index (χ2v) is 23.4. The Hall–Kier alpha value is -1.78. The molecule has 0 radical (unpaired) electrons. The van der Waals surface area contributed by atoms with Gasteiger partial charge in [0.15, 0.2) is 0 Å². The highest BCUT2D eigenvalue weighted by Gasteiger charge is 2.59. The number of unbranched alkanes of at least 4 members (excludes halogenated alkanes) is 12. The van der Waals surface area contributed by atoms with E-state index in [1.165, 1.54) is 140 Å². The van der Waals surface area contributed by atoms with Gasteiger partial charge in [0.2, 0.25) is 0 Å². The minimum atomic E-state index is -0.392. The standard InChI is InChI=1S/C60H105NO8/c1-7-8-9-10-11-12-13-14-15-16-17-18-19-20-21-22-38-66-47-52(46-61-36-39-64-40-37-61)67-43-41-65-42-44-68-57(62)30-31-58(63)69-51-32-34-59(5)50(45-51)26-27-53-55-29-28-54(49(4)25-23-24-48(2)3)60(55,6)35-33-56(53)59/h14-15,26,48-49,51-56H,7-13,16-25,27-47H2,1-6H3/b15-14-/t49?,51-,52?,53-,54?,55?,56-,59-,60+/m0/s1. The number of allylic oxidation sites excluding steroid dienone is 3.